The van der Waals surface area contributed by atoms with E-state index in [-0.39, 0.29) is 0 Å². The van der Waals surface area contributed by atoms with Gasteiger partial charge in [-0.3, -0.25) is 4.57 Å². The van der Waals surface area contributed by atoms with Gasteiger partial charge in [-0.15, -0.1) is 11.3 Å². The monoisotopic (exact) mass is 554 g/mol. The summed E-state index contributed by atoms with van der Waals surface area (Å²) in [5.41, 5.74) is 3.23. The molecule has 1 N–H and O–H groups in total. The van der Waals surface area contributed by atoms with Crippen molar-refractivity contribution in [2.45, 2.75) is 13.3 Å². The summed E-state index contributed by atoms with van der Waals surface area (Å²) in [6.07, 6.45) is 0.953. The zero-order chi connectivity index (χ0) is 25.4. The van der Waals surface area contributed by atoms with Gasteiger partial charge in [0.15, 0.2) is 5.13 Å². The van der Waals surface area contributed by atoms with Gasteiger partial charge in [0, 0.05) is 22.6 Å². The van der Waals surface area contributed by atoms with E-state index in [0.717, 1.165) is 34.6 Å². The fraction of sp³-hybridized carbons (Fsp3) is 0.107. The van der Waals surface area contributed by atoms with Gasteiger partial charge in [0.25, 0.3) is 0 Å². The van der Waals surface area contributed by atoms with Crippen molar-refractivity contribution < 1.29 is 9.30 Å². The first-order valence-corrected chi connectivity index (χ1v) is 14.9. The number of anilines is 1. The summed E-state index contributed by atoms with van der Waals surface area (Å²) in [4.78, 5) is 4.67. The molecule has 1 heterocycles. The van der Waals surface area contributed by atoms with Crippen molar-refractivity contribution in [1.29, 1.82) is 0 Å². The summed E-state index contributed by atoms with van der Waals surface area (Å²) in [5.74, 6) is 3.87. The quantitative estimate of drug-likeness (QED) is 0.198. The Kier molecular flexibility index (Phi) is 9.06. The van der Waals surface area contributed by atoms with Crippen LogP contribution in [-0.2, 0) is 4.57 Å². The van der Waals surface area contributed by atoms with Crippen LogP contribution in [0.25, 0.3) is 21.3 Å². The van der Waals surface area contributed by atoms with Crippen LogP contribution < -0.4 is 9.82 Å². The zero-order valence-corrected chi connectivity index (χ0v) is 22.8. The van der Waals surface area contributed by atoms with E-state index in [2.05, 4.69) is 17.0 Å². The lowest BCUT2D eigenvalue weighted by atomic mass is 10.2. The second-order valence-corrected chi connectivity index (χ2v) is 11.7. The minimum atomic E-state index is -3.39. The van der Waals surface area contributed by atoms with E-state index in [9.17, 15) is 4.57 Å². The van der Waals surface area contributed by atoms with Gasteiger partial charge in [0.05, 0.1) is 22.4 Å². The van der Waals surface area contributed by atoms with Crippen LogP contribution in [-0.4, -0.2) is 11.6 Å². The number of nitrogens with one attached hydrogen (secondary N) is 1. The summed E-state index contributed by atoms with van der Waals surface area (Å²) in [6, 6.07) is 26.5. The molecule has 1 unspecified atom stereocenters. The summed E-state index contributed by atoms with van der Waals surface area (Å²) >= 11 is 14.5. The molecular formula is C28H25Cl2N2O2PS. The molecule has 8 heteroatoms. The van der Waals surface area contributed by atoms with E-state index >= 15 is 0 Å². The van der Waals surface area contributed by atoms with Gasteiger partial charge < -0.3 is 9.82 Å². The van der Waals surface area contributed by atoms with Gasteiger partial charge in [-0.1, -0.05) is 90.8 Å². The molecule has 4 aromatic rings. The molecule has 0 aliphatic carbocycles. The van der Waals surface area contributed by atoms with Crippen LogP contribution in [0.4, 0.5) is 5.13 Å². The maximum atomic E-state index is 14.2. The molecule has 0 saturated heterocycles. The minimum Gasteiger partial charge on any atom is -0.494 e. The van der Waals surface area contributed by atoms with Crippen LogP contribution in [0, 0.1) is 0 Å². The molecule has 184 valence electrons. The predicted molar refractivity (Wildman–Crippen MR) is 155 cm³/mol. The highest BCUT2D eigenvalue weighted by Crippen LogP contribution is 2.54. The molecule has 0 saturated carbocycles. The number of aromatic nitrogens is 1. The van der Waals surface area contributed by atoms with Crippen molar-refractivity contribution in [3.05, 3.63) is 113 Å². The van der Waals surface area contributed by atoms with Crippen molar-refractivity contribution in [2.24, 2.45) is 0 Å². The van der Waals surface area contributed by atoms with Crippen LogP contribution in [0.2, 0.25) is 0 Å². The highest BCUT2D eigenvalue weighted by Gasteiger charge is 2.21. The van der Waals surface area contributed by atoms with Gasteiger partial charge in [-0.25, -0.2) is 4.98 Å². The molecule has 1 aromatic heterocycles. The fourth-order valence-corrected chi connectivity index (χ4v) is 7.18. The highest BCUT2D eigenvalue weighted by molar-refractivity contribution is 7.72. The Hall–Kier alpha value is -2.82. The summed E-state index contributed by atoms with van der Waals surface area (Å²) in [5, 5.41) is 6.24. The van der Waals surface area contributed by atoms with Crippen molar-refractivity contribution in [3.63, 3.8) is 0 Å². The van der Waals surface area contributed by atoms with Gasteiger partial charge >= 0.3 is 0 Å². The molecule has 0 fully saturated rings. The van der Waals surface area contributed by atoms with E-state index in [1.165, 1.54) is 23.0 Å². The lowest BCUT2D eigenvalue weighted by Crippen LogP contribution is -1.95. The Morgan fingerprint density at radius 2 is 1.47 bits per heavy atom. The molecule has 0 spiro atoms. The van der Waals surface area contributed by atoms with E-state index in [1.54, 1.807) is 0 Å². The zero-order valence-electron chi connectivity index (χ0n) is 19.6. The van der Waals surface area contributed by atoms with Gasteiger partial charge in [0.2, 0.25) is 7.29 Å². The highest BCUT2D eigenvalue weighted by atomic mass is 35.5. The SMILES string of the molecule is CCCOc1ccc(-c2csc(NP(=O)(/C=C(\Cl)c3ccccc3)/C=C(/Cl)c3ccccc3)n2)cc1. The molecule has 0 aliphatic rings. The topological polar surface area (TPSA) is 51.2 Å². The van der Waals surface area contributed by atoms with Crippen molar-refractivity contribution in [2.75, 3.05) is 11.7 Å². The molecule has 4 nitrogen and oxygen atoms in total. The second-order valence-electron chi connectivity index (χ2n) is 7.92. The number of rotatable bonds is 10. The van der Waals surface area contributed by atoms with E-state index in [1.807, 2.05) is 90.3 Å². The molecule has 36 heavy (non-hydrogen) atoms. The Morgan fingerprint density at radius 1 is 0.917 bits per heavy atom. The van der Waals surface area contributed by atoms with Crippen molar-refractivity contribution >= 4 is 57.0 Å². The first-order chi connectivity index (χ1) is 17.5. The number of hydrogen-bond donors (Lipinski definition) is 1. The van der Waals surface area contributed by atoms with Gasteiger partial charge in [-0.05, 0) is 41.8 Å². The maximum Gasteiger partial charge on any atom is 0.217 e. The smallest absolute Gasteiger partial charge is 0.217 e. The fourth-order valence-electron chi connectivity index (χ4n) is 3.33. The normalized spacial score (nSPS) is 13.8. The summed E-state index contributed by atoms with van der Waals surface area (Å²) in [6.45, 7) is 2.75. The summed E-state index contributed by atoms with van der Waals surface area (Å²) in [7, 11) is -3.39. The molecule has 3 aromatic carbocycles. The minimum absolute atomic E-state index is 0.361. The Labute approximate surface area is 225 Å². The lowest BCUT2D eigenvalue weighted by Gasteiger charge is -2.14. The maximum absolute atomic E-state index is 14.2. The lowest BCUT2D eigenvalue weighted by molar-refractivity contribution is 0.317. The van der Waals surface area contributed by atoms with Crippen LogP contribution in [0.15, 0.2) is 102 Å². The molecule has 0 amide bonds. The van der Waals surface area contributed by atoms with Crippen LogP contribution >= 0.6 is 41.8 Å². The Morgan fingerprint density at radius 3 is 2.00 bits per heavy atom. The van der Waals surface area contributed by atoms with Gasteiger partial charge in [0.1, 0.15) is 5.75 Å². The third-order valence-corrected chi connectivity index (χ3v) is 8.82. The average molecular weight is 555 g/mol. The number of thiazole rings is 1. The van der Waals surface area contributed by atoms with Crippen LogP contribution in [0.5, 0.6) is 5.75 Å². The average Bonchev–Trinajstić information content (AvgIpc) is 3.36. The predicted octanol–water partition coefficient (Wildman–Crippen LogP) is 9.76. The van der Waals surface area contributed by atoms with Crippen LogP contribution in [0.3, 0.4) is 0 Å². The van der Waals surface area contributed by atoms with E-state index < -0.39 is 7.29 Å². The number of nitrogens with zero attached hydrogens (tertiary/aromatic N) is 1. The van der Waals surface area contributed by atoms with Gasteiger partial charge in [-0.2, -0.15) is 0 Å². The van der Waals surface area contributed by atoms with E-state index in [0.29, 0.717) is 21.8 Å². The summed E-state index contributed by atoms with van der Waals surface area (Å²) < 4.78 is 19.8. The first-order valence-electron chi connectivity index (χ1n) is 11.4. The molecule has 4 rings (SSSR count). The van der Waals surface area contributed by atoms with Crippen LogP contribution in [0.1, 0.15) is 24.5 Å². The molecule has 0 radical (unpaired) electrons. The Bertz CT molecular complexity index is 1330. The Balaban J connectivity index is 1.63. The number of benzene rings is 3. The number of halogens is 2. The first kappa shape index (κ1) is 26.2. The third-order valence-electron chi connectivity index (χ3n) is 5.11. The molecular weight excluding hydrogens is 530 g/mol. The largest absolute Gasteiger partial charge is 0.494 e. The number of ether oxygens (including phenoxy) is 1. The second kappa shape index (κ2) is 12.4. The molecule has 0 bridgehead atoms. The van der Waals surface area contributed by atoms with E-state index in [4.69, 9.17) is 27.9 Å². The molecule has 0 aliphatic heterocycles. The third kappa shape index (κ3) is 7.11. The van der Waals surface area contributed by atoms with Crippen molar-refractivity contribution in [3.8, 4) is 17.0 Å². The standard InChI is InChI=1S/C28H25Cl2N2O2PS/c1-2-17-34-24-15-13-23(14-16-24)27-20-36-28(31-27)32-35(33,18-25(29)21-9-5-3-6-10-21)19-26(30)22-11-7-4-8-12-22/h3-16,18-20H,2,17H2,1H3,(H,31,32,33)/b25-18-,26-19+. The number of hydrogen-bond acceptors (Lipinski definition) is 4. The van der Waals surface area contributed by atoms with Crippen molar-refractivity contribution in [1.82, 2.24) is 4.98 Å². The molecule has 1 atom stereocenters.